The summed E-state index contributed by atoms with van der Waals surface area (Å²) in [5, 5.41) is 0. The van der Waals surface area contributed by atoms with Gasteiger partial charge in [-0.1, -0.05) is 26.8 Å². The Balaban J connectivity index is 3.66. The fourth-order valence-electron chi connectivity index (χ4n) is 0.708. The molecule has 0 aliphatic rings. The minimum absolute atomic E-state index is 0.0349. The van der Waals surface area contributed by atoms with E-state index in [1.807, 2.05) is 19.9 Å². The van der Waals surface area contributed by atoms with Crippen LogP contribution < -0.4 is 0 Å². The molecule has 0 amide bonds. The van der Waals surface area contributed by atoms with Crippen LogP contribution in [0.3, 0.4) is 0 Å². The second kappa shape index (κ2) is 5.81. The van der Waals surface area contributed by atoms with Gasteiger partial charge in [-0.25, -0.2) is 0 Å². The molecule has 0 fully saturated rings. The minimum atomic E-state index is -0.129. The lowest BCUT2D eigenvalue weighted by atomic mass is 10.1. The van der Waals surface area contributed by atoms with E-state index in [9.17, 15) is 4.79 Å². The monoisotopic (exact) mass is 170 g/mol. The molecule has 0 aromatic heterocycles. The van der Waals surface area contributed by atoms with Crippen LogP contribution >= 0.6 is 0 Å². The number of rotatable bonds is 5. The normalized spacial score (nSPS) is 12.7. The van der Waals surface area contributed by atoms with Gasteiger partial charge in [0, 0.05) is 5.92 Å². The smallest absolute Gasteiger partial charge is 0.308 e. The first-order valence-electron chi connectivity index (χ1n) is 4.41. The van der Waals surface area contributed by atoms with E-state index in [0.29, 0.717) is 12.5 Å². The molecule has 0 spiro atoms. The van der Waals surface area contributed by atoms with Gasteiger partial charge in [-0.05, 0) is 6.42 Å². The van der Waals surface area contributed by atoms with Crippen LogP contribution in [0.2, 0.25) is 0 Å². The zero-order valence-electron chi connectivity index (χ0n) is 8.17. The summed E-state index contributed by atoms with van der Waals surface area (Å²) in [4.78, 5) is 11.0. The topological polar surface area (TPSA) is 26.3 Å². The molecule has 2 nitrogen and oxygen atoms in total. The van der Waals surface area contributed by atoms with Crippen LogP contribution in [-0.2, 0) is 9.53 Å². The zero-order chi connectivity index (χ0) is 9.56. The maximum absolute atomic E-state index is 11.0. The van der Waals surface area contributed by atoms with E-state index in [-0.39, 0.29) is 11.9 Å². The summed E-state index contributed by atoms with van der Waals surface area (Å²) in [6.07, 6.45) is 2.79. The van der Waals surface area contributed by atoms with Crippen molar-refractivity contribution >= 4 is 5.97 Å². The molecule has 0 radical (unpaired) electrons. The molecule has 0 saturated heterocycles. The van der Waals surface area contributed by atoms with E-state index in [1.165, 1.54) is 0 Å². The van der Waals surface area contributed by atoms with Crippen molar-refractivity contribution in [1.29, 1.82) is 0 Å². The first-order chi connectivity index (χ1) is 5.61. The molecule has 0 aliphatic carbocycles. The van der Waals surface area contributed by atoms with Crippen molar-refractivity contribution in [3.05, 3.63) is 12.7 Å². The maximum atomic E-state index is 11.0. The summed E-state index contributed by atoms with van der Waals surface area (Å²) in [5.41, 5.74) is 0. The Labute approximate surface area is 74.6 Å². The number of hydrogen-bond donors (Lipinski definition) is 0. The highest BCUT2D eigenvalue weighted by atomic mass is 16.5. The van der Waals surface area contributed by atoms with E-state index >= 15 is 0 Å². The molecule has 0 N–H and O–H groups in total. The number of esters is 1. The second-order valence-corrected chi connectivity index (χ2v) is 3.19. The van der Waals surface area contributed by atoms with Gasteiger partial charge in [0.25, 0.3) is 0 Å². The SMILES string of the molecule is C=CC(CC)COC(=O)C(C)C. The molecule has 70 valence electrons. The molecular formula is C10H18O2. The fraction of sp³-hybridized carbons (Fsp3) is 0.700. The molecule has 0 rings (SSSR count). The average molecular weight is 170 g/mol. The second-order valence-electron chi connectivity index (χ2n) is 3.19. The Hall–Kier alpha value is -0.790. The lowest BCUT2D eigenvalue weighted by Crippen LogP contribution is -2.16. The van der Waals surface area contributed by atoms with E-state index in [2.05, 4.69) is 13.5 Å². The van der Waals surface area contributed by atoms with Crippen LogP contribution in [-0.4, -0.2) is 12.6 Å². The largest absolute Gasteiger partial charge is 0.465 e. The Bertz CT molecular complexity index is 150. The Kier molecular flexibility index (Phi) is 5.43. The van der Waals surface area contributed by atoms with Gasteiger partial charge in [-0.2, -0.15) is 0 Å². The Morgan fingerprint density at radius 1 is 1.58 bits per heavy atom. The molecule has 1 atom stereocenters. The molecular weight excluding hydrogens is 152 g/mol. The third kappa shape index (κ3) is 4.16. The number of ether oxygens (including phenoxy) is 1. The van der Waals surface area contributed by atoms with Gasteiger partial charge in [0.1, 0.15) is 0 Å². The Morgan fingerprint density at radius 3 is 2.50 bits per heavy atom. The summed E-state index contributed by atoms with van der Waals surface area (Å²) >= 11 is 0. The Morgan fingerprint density at radius 2 is 2.17 bits per heavy atom. The van der Waals surface area contributed by atoms with Crippen molar-refractivity contribution in [3.63, 3.8) is 0 Å². The van der Waals surface area contributed by atoms with Crippen LogP contribution in [0.25, 0.3) is 0 Å². The van der Waals surface area contributed by atoms with Crippen molar-refractivity contribution in [2.45, 2.75) is 27.2 Å². The summed E-state index contributed by atoms with van der Waals surface area (Å²) < 4.78 is 5.04. The first kappa shape index (κ1) is 11.2. The van der Waals surface area contributed by atoms with Crippen LogP contribution in [0.5, 0.6) is 0 Å². The predicted octanol–water partition coefficient (Wildman–Crippen LogP) is 2.40. The van der Waals surface area contributed by atoms with Crippen molar-refractivity contribution in [2.24, 2.45) is 11.8 Å². The third-order valence-electron chi connectivity index (χ3n) is 1.77. The average Bonchev–Trinajstić information content (AvgIpc) is 2.05. The van der Waals surface area contributed by atoms with Gasteiger partial charge in [0.15, 0.2) is 0 Å². The highest BCUT2D eigenvalue weighted by molar-refractivity contribution is 5.71. The third-order valence-corrected chi connectivity index (χ3v) is 1.77. The van der Waals surface area contributed by atoms with E-state index in [0.717, 1.165) is 6.42 Å². The molecule has 1 unspecified atom stereocenters. The fourth-order valence-corrected chi connectivity index (χ4v) is 0.708. The van der Waals surface area contributed by atoms with Crippen molar-refractivity contribution < 1.29 is 9.53 Å². The zero-order valence-corrected chi connectivity index (χ0v) is 8.17. The molecule has 0 heterocycles. The number of hydrogen-bond acceptors (Lipinski definition) is 2. The molecule has 0 aromatic rings. The van der Waals surface area contributed by atoms with Gasteiger partial charge in [0.05, 0.1) is 12.5 Å². The van der Waals surface area contributed by atoms with Gasteiger partial charge in [-0.3, -0.25) is 4.79 Å². The van der Waals surface area contributed by atoms with Gasteiger partial charge >= 0.3 is 5.97 Å². The first-order valence-corrected chi connectivity index (χ1v) is 4.41. The van der Waals surface area contributed by atoms with Crippen LogP contribution in [0.1, 0.15) is 27.2 Å². The van der Waals surface area contributed by atoms with Crippen molar-refractivity contribution in [1.82, 2.24) is 0 Å². The predicted molar refractivity (Wildman–Crippen MR) is 49.8 cm³/mol. The number of carbonyl (C=O) groups excluding carboxylic acids is 1. The molecule has 0 saturated carbocycles. The molecule has 2 heteroatoms. The summed E-state index contributed by atoms with van der Waals surface area (Å²) in [6, 6.07) is 0. The van der Waals surface area contributed by atoms with Crippen LogP contribution in [0.4, 0.5) is 0 Å². The van der Waals surface area contributed by atoms with Crippen molar-refractivity contribution in [3.8, 4) is 0 Å². The number of carbonyl (C=O) groups is 1. The van der Waals surface area contributed by atoms with E-state index in [1.54, 1.807) is 0 Å². The highest BCUT2D eigenvalue weighted by Gasteiger charge is 2.10. The van der Waals surface area contributed by atoms with E-state index < -0.39 is 0 Å². The molecule has 0 aliphatic heterocycles. The summed E-state index contributed by atoms with van der Waals surface area (Å²) in [5.74, 6) is 0.135. The molecule has 0 aromatic carbocycles. The van der Waals surface area contributed by atoms with Gasteiger partial charge < -0.3 is 4.74 Å². The van der Waals surface area contributed by atoms with Gasteiger partial charge in [-0.15, -0.1) is 6.58 Å². The lowest BCUT2D eigenvalue weighted by molar-refractivity contribution is -0.148. The van der Waals surface area contributed by atoms with Crippen molar-refractivity contribution in [2.75, 3.05) is 6.61 Å². The molecule has 0 bridgehead atoms. The minimum Gasteiger partial charge on any atom is -0.465 e. The highest BCUT2D eigenvalue weighted by Crippen LogP contribution is 2.05. The molecule has 12 heavy (non-hydrogen) atoms. The summed E-state index contributed by atoms with van der Waals surface area (Å²) in [6.45, 7) is 9.84. The standard InChI is InChI=1S/C10H18O2/c1-5-9(6-2)7-12-10(11)8(3)4/h5,8-9H,1,6-7H2,2-4H3. The van der Waals surface area contributed by atoms with Crippen LogP contribution in [0, 0.1) is 11.8 Å². The van der Waals surface area contributed by atoms with Gasteiger partial charge in [0.2, 0.25) is 0 Å². The maximum Gasteiger partial charge on any atom is 0.308 e. The summed E-state index contributed by atoms with van der Waals surface area (Å²) in [7, 11) is 0. The van der Waals surface area contributed by atoms with E-state index in [4.69, 9.17) is 4.74 Å². The quantitative estimate of drug-likeness (QED) is 0.468. The van der Waals surface area contributed by atoms with Crippen LogP contribution in [0.15, 0.2) is 12.7 Å². The lowest BCUT2D eigenvalue weighted by Gasteiger charge is -2.11.